The van der Waals surface area contributed by atoms with Crippen molar-refractivity contribution in [3.05, 3.63) is 11.6 Å². The summed E-state index contributed by atoms with van der Waals surface area (Å²) < 4.78 is 23.0. The van der Waals surface area contributed by atoms with Gasteiger partial charge in [0.15, 0.2) is 17.9 Å². The van der Waals surface area contributed by atoms with Crippen molar-refractivity contribution in [2.24, 2.45) is 5.10 Å². The van der Waals surface area contributed by atoms with Gasteiger partial charge in [-0.25, -0.2) is 0 Å². The maximum absolute atomic E-state index is 5.58. The topological polar surface area (TPSA) is 80.0 Å². The Morgan fingerprint density at radius 2 is 1.45 bits per heavy atom. The fraction of sp³-hybridized carbons (Fsp3) is 0.786. The summed E-state index contributed by atoms with van der Waals surface area (Å²) in [5, 5.41) is 12.7. The molecule has 0 saturated carbocycles. The van der Waals surface area contributed by atoms with Crippen LogP contribution < -0.4 is 0 Å². The molecular weight excluding hydrogens is 288 g/mol. The molecule has 0 fully saturated rings. The van der Waals surface area contributed by atoms with E-state index in [9.17, 15) is 0 Å². The third-order valence-corrected chi connectivity index (χ3v) is 3.02. The third-order valence-electron chi connectivity index (χ3n) is 3.02. The summed E-state index contributed by atoms with van der Waals surface area (Å²) in [5.41, 5.74) is 0. The van der Waals surface area contributed by atoms with E-state index in [0.717, 1.165) is 0 Å². The van der Waals surface area contributed by atoms with Crippen LogP contribution in [0.4, 0.5) is 0 Å². The van der Waals surface area contributed by atoms with E-state index in [1.807, 2.05) is 27.7 Å². The molecule has 0 aliphatic carbocycles. The monoisotopic (exact) mass is 314 g/mol. The van der Waals surface area contributed by atoms with Crippen LogP contribution in [0, 0.1) is 0 Å². The first-order valence-corrected chi connectivity index (χ1v) is 7.37. The summed E-state index contributed by atoms with van der Waals surface area (Å²) in [4.78, 5) is 0. The van der Waals surface area contributed by atoms with Crippen molar-refractivity contribution in [2.45, 2.75) is 46.2 Å². The molecule has 2 atom stereocenters. The fourth-order valence-electron chi connectivity index (χ4n) is 1.92. The van der Waals surface area contributed by atoms with Gasteiger partial charge in [-0.05, 0) is 27.7 Å². The lowest BCUT2D eigenvalue weighted by atomic mass is 10.3. The number of hydrogen-bond acceptors (Lipinski definition) is 7. The minimum atomic E-state index is -0.548. The van der Waals surface area contributed by atoms with Crippen molar-refractivity contribution in [3.63, 3.8) is 0 Å². The predicted octanol–water partition coefficient (Wildman–Crippen LogP) is 1.93. The molecular formula is C14H26N4O4. The lowest BCUT2D eigenvalue weighted by Crippen LogP contribution is -2.17. The molecule has 0 spiro atoms. The van der Waals surface area contributed by atoms with Gasteiger partial charge >= 0.3 is 0 Å². The van der Waals surface area contributed by atoms with Gasteiger partial charge in [-0.15, -0.1) is 10.2 Å². The lowest BCUT2D eigenvalue weighted by Gasteiger charge is -2.14. The molecule has 0 saturated heterocycles. The van der Waals surface area contributed by atoms with Gasteiger partial charge in [0.05, 0.1) is 6.21 Å². The van der Waals surface area contributed by atoms with E-state index in [-0.39, 0.29) is 12.2 Å². The van der Waals surface area contributed by atoms with Gasteiger partial charge in [-0.3, -0.25) is 0 Å². The summed E-state index contributed by atoms with van der Waals surface area (Å²) in [6.45, 7) is 8.81. The zero-order valence-electron chi connectivity index (χ0n) is 14.1. The molecule has 8 nitrogen and oxygen atoms in total. The number of methoxy groups -OCH3 is 2. The second-order valence-corrected chi connectivity index (χ2v) is 4.53. The maximum atomic E-state index is 5.58. The molecule has 0 radical (unpaired) electrons. The van der Waals surface area contributed by atoms with E-state index in [2.05, 4.69) is 15.3 Å². The number of nitrogens with zero attached hydrogens (tertiary/aromatic N) is 4. The van der Waals surface area contributed by atoms with Crippen molar-refractivity contribution < 1.29 is 18.9 Å². The first-order chi connectivity index (χ1) is 10.6. The molecule has 22 heavy (non-hydrogen) atoms. The maximum Gasteiger partial charge on any atom is 0.195 e. The Morgan fingerprint density at radius 3 is 1.82 bits per heavy atom. The Kier molecular flexibility index (Phi) is 8.18. The summed E-state index contributed by atoms with van der Waals surface area (Å²) in [7, 11) is 3.08. The van der Waals surface area contributed by atoms with Gasteiger partial charge in [0, 0.05) is 27.4 Å². The summed E-state index contributed by atoms with van der Waals surface area (Å²) in [5.74, 6) is 1.20. The van der Waals surface area contributed by atoms with Crippen molar-refractivity contribution >= 4 is 6.21 Å². The molecule has 8 heteroatoms. The zero-order chi connectivity index (χ0) is 16.5. The highest BCUT2D eigenvalue weighted by atomic mass is 16.7. The molecule has 1 rings (SSSR count). The van der Waals surface area contributed by atoms with Gasteiger partial charge in [0.25, 0.3) is 0 Å². The Balaban J connectivity index is 3.13. The van der Waals surface area contributed by atoms with Crippen LogP contribution in [0.2, 0.25) is 0 Å². The molecule has 0 amide bonds. The number of rotatable bonds is 10. The molecule has 0 bridgehead atoms. The zero-order valence-corrected chi connectivity index (χ0v) is 14.1. The molecule has 0 N–H and O–H groups in total. The molecule has 0 aliphatic heterocycles. The van der Waals surface area contributed by atoms with Crippen LogP contribution in [0.5, 0.6) is 0 Å². The molecule has 126 valence electrons. The summed E-state index contributed by atoms with van der Waals surface area (Å²) in [6, 6.07) is 0. The molecule has 0 aromatic carbocycles. The largest absolute Gasteiger partial charge is 0.371 e. The van der Waals surface area contributed by atoms with Crippen molar-refractivity contribution in [1.82, 2.24) is 14.9 Å². The van der Waals surface area contributed by atoms with Crippen LogP contribution in [-0.4, -0.2) is 54.8 Å². The van der Waals surface area contributed by atoms with Crippen LogP contribution >= 0.6 is 0 Å². The van der Waals surface area contributed by atoms with Crippen LogP contribution in [0.3, 0.4) is 0 Å². The second kappa shape index (κ2) is 9.62. The van der Waals surface area contributed by atoms with Crippen molar-refractivity contribution in [3.8, 4) is 0 Å². The van der Waals surface area contributed by atoms with E-state index < -0.39 is 6.29 Å². The molecule has 1 aromatic rings. The Hall–Kier alpha value is -1.35. The number of aromatic nitrogens is 3. The number of hydrogen-bond donors (Lipinski definition) is 0. The summed E-state index contributed by atoms with van der Waals surface area (Å²) >= 11 is 0. The molecule has 0 unspecified atom stereocenters. The van der Waals surface area contributed by atoms with E-state index in [1.54, 1.807) is 18.9 Å². The summed E-state index contributed by atoms with van der Waals surface area (Å²) in [6.07, 6.45) is 0.516. The predicted molar refractivity (Wildman–Crippen MR) is 81.8 cm³/mol. The molecule has 1 heterocycles. The van der Waals surface area contributed by atoms with E-state index in [4.69, 9.17) is 18.9 Å². The van der Waals surface area contributed by atoms with Gasteiger partial charge < -0.3 is 18.9 Å². The van der Waals surface area contributed by atoms with Gasteiger partial charge in [0.1, 0.15) is 12.2 Å². The minimum absolute atomic E-state index is 0.235. The Labute approximate surface area is 131 Å². The highest BCUT2D eigenvalue weighted by Gasteiger charge is 2.22. The molecule has 1 aromatic heterocycles. The van der Waals surface area contributed by atoms with Crippen LogP contribution in [-0.2, 0) is 18.9 Å². The Bertz CT molecular complexity index is 430. The molecule has 0 aliphatic rings. The average Bonchev–Trinajstić information content (AvgIpc) is 2.93. The van der Waals surface area contributed by atoms with Crippen LogP contribution in [0.15, 0.2) is 5.10 Å². The van der Waals surface area contributed by atoms with Crippen LogP contribution in [0.1, 0.15) is 51.6 Å². The van der Waals surface area contributed by atoms with Gasteiger partial charge in [-0.2, -0.15) is 9.78 Å². The highest BCUT2D eigenvalue weighted by Crippen LogP contribution is 2.21. The number of ether oxygens (including phenoxy) is 4. The first kappa shape index (κ1) is 18.7. The normalized spacial score (nSPS) is 14.9. The van der Waals surface area contributed by atoms with E-state index in [0.29, 0.717) is 24.9 Å². The Morgan fingerprint density at radius 1 is 1.00 bits per heavy atom. The first-order valence-electron chi connectivity index (χ1n) is 7.37. The second-order valence-electron chi connectivity index (χ2n) is 4.53. The fourth-order valence-corrected chi connectivity index (χ4v) is 1.92. The quantitative estimate of drug-likeness (QED) is 0.485. The van der Waals surface area contributed by atoms with Gasteiger partial charge in [-0.1, -0.05) is 0 Å². The average molecular weight is 314 g/mol. The third kappa shape index (κ3) is 4.84. The van der Waals surface area contributed by atoms with Crippen molar-refractivity contribution in [1.29, 1.82) is 0 Å². The van der Waals surface area contributed by atoms with Gasteiger partial charge in [0.2, 0.25) is 0 Å². The SMILES string of the molecule is CCO[C@@H](C)c1nnc([C@H](C)OCC)n1N=CC(OC)OC. The minimum Gasteiger partial charge on any atom is -0.371 e. The highest BCUT2D eigenvalue weighted by molar-refractivity contribution is 5.61. The standard InChI is InChI=1S/C14H26N4O4/c1-7-21-10(3)13-16-17-14(11(4)22-8-2)18(13)15-9-12(19-5)20-6/h9-12H,7-8H2,1-6H3/t10-,11-/m0/s1. The lowest BCUT2D eigenvalue weighted by molar-refractivity contribution is -0.0487. The van der Waals surface area contributed by atoms with Crippen LogP contribution in [0.25, 0.3) is 0 Å². The van der Waals surface area contributed by atoms with Crippen molar-refractivity contribution in [2.75, 3.05) is 27.4 Å². The smallest absolute Gasteiger partial charge is 0.195 e. The van der Waals surface area contributed by atoms with E-state index >= 15 is 0 Å². The van der Waals surface area contributed by atoms with E-state index in [1.165, 1.54) is 6.21 Å².